The zero-order valence-electron chi connectivity index (χ0n) is 13.5. The van der Waals surface area contributed by atoms with Crippen LogP contribution in [0.15, 0.2) is 0 Å². The van der Waals surface area contributed by atoms with Gasteiger partial charge in [-0.3, -0.25) is 4.79 Å². The molecule has 0 aliphatic rings. The first kappa shape index (κ1) is 19.2. The van der Waals surface area contributed by atoms with Gasteiger partial charge in [0.25, 0.3) is 0 Å². The summed E-state index contributed by atoms with van der Waals surface area (Å²) in [5, 5.41) is 10.8. The molecule has 0 aromatic carbocycles. The monoisotopic (exact) mass is 303 g/mol. The van der Waals surface area contributed by atoms with Crippen molar-refractivity contribution in [3.8, 4) is 0 Å². The number of ether oxygens (including phenoxy) is 2. The van der Waals surface area contributed by atoms with E-state index in [1.807, 2.05) is 0 Å². The Bertz CT molecular complexity index is 391. The van der Waals surface area contributed by atoms with Crippen LogP contribution in [-0.2, 0) is 19.1 Å². The highest BCUT2D eigenvalue weighted by atomic mass is 16.6. The highest BCUT2D eigenvalue weighted by Gasteiger charge is 2.28. The van der Waals surface area contributed by atoms with Crippen molar-refractivity contribution in [2.24, 2.45) is 0 Å². The molecule has 0 aliphatic heterocycles. The fourth-order valence-electron chi connectivity index (χ4n) is 1.43. The Morgan fingerprint density at radius 2 is 1.48 bits per heavy atom. The van der Waals surface area contributed by atoms with Crippen molar-refractivity contribution < 1.29 is 29.0 Å². The van der Waals surface area contributed by atoms with Gasteiger partial charge in [0.2, 0.25) is 0 Å². The molecule has 2 N–H and O–H groups in total. The van der Waals surface area contributed by atoms with Crippen LogP contribution < -0.4 is 5.32 Å². The molecule has 122 valence electrons. The molecule has 21 heavy (non-hydrogen) atoms. The largest absolute Gasteiger partial charge is 0.465 e. The van der Waals surface area contributed by atoms with E-state index in [2.05, 4.69) is 5.32 Å². The Hall–Kier alpha value is -1.79. The average Bonchev–Trinajstić information content (AvgIpc) is 2.18. The Morgan fingerprint density at radius 1 is 1.00 bits per heavy atom. The van der Waals surface area contributed by atoms with Gasteiger partial charge in [-0.15, -0.1) is 0 Å². The van der Waals surface area contributed by atoms with Gasteiger partial charge in [-0.25, -0.2) is 9.59 Å². The predicted octanol–water partition coefficient (Wildman–Crippen LogP) is 2.09. The van der Waals surface area contributed by atoms with E-state index in [0.717, 1.165) is 0 Å². The van der Waals surface area contributed by atoms with Crippen molar-refractivity contribution in [1.82, 2.24) is 5.32 Å². The van der Waals surface area contributed by atoms with Crippen molar-refractivity contribution in [2.45, 2.75) is 71.6 Å². The van der Waals surface area contributed by atoms with Crippen LogP contribution in [0.4, 0.5) is 4.79 Å². The van der Waals surface area contributed by atoms with Gasteiger partial charge in [-0.05, 0) is 48.0 Å². The van der Waals surface area contributed by atoms with Crippen LogP contribution in [0.3, 0.4) is 0 Å². The second-order valence-corrected chi connectivity index (χ2v) is 6.66. The maximum atomic E-state index is 11.9. The topological polar surface area (TPSA) is 102 Å². The number of hydrogen-bond acceptors (Lipinski definition) is 5. The molecule has 0 aromatic heterocycles. The fraction of sp³-hybridized carbons (Fsp3) is 0.786. The Morgan fingerprint density at radius 3 is 1.86 bits per heavy atom. The molecular formula is C14H25NO6. The smallest absolute Gasteiger partial charge is 0.405 e. The number of carbonyl (C=O) groups is 3. The molecule has 0 aliphatic carbocycles. The molecule has 7 heteroatoms. The van der Waals surface area contributed by atoms with Crippen LogP contribution in [0.25, 0.3) is 0 Å². The van der Waals surface area contributed by atoms with E-state index >= 15 is 0 Å². The molecule has 0 unspecified atom stereocenters. The van der Waals surface area contributed by atoms with E-state index in [-0.39, 0.29) is 12.8 Å². The molecule has 0 saturated carbocycles. The summed E-state index contributed by atoms with van der Waals surface area (Å²) in [6.45, 7) is 10.2. The normalized spacial score (nSPS) is 13.2. The molecule has 0 heterocycles. The first-order chi connectivity index (χ1) is 9.30. The fourth-order valence-corrected chi connectivity index (χ4v) is 1.43. The van der Waals surface area contributed by atoms with Crippen molar-refractivity contribution >= 4 is 18.0 Å². The van der Waals surface area contributed by atoms with Crippen molar-refractivity contribution in [2.75, 3.05) is 0 Å². The zero-order chi connectivity index (χ0) is 16.8. The van der Waals surface area contributed by atoms with Gasteiger partial charge in [-0.2, -0.15) is 0 Å². The molecule has 0 spiro atoms. The number of hydrogen-bond donors (Lipinski definition) is 2. The van der Waals surface area contributed by atoms with E-state index in [4.69, 9.17) is 14.6 Å². The number of rotatable bonds is 5. The highest BCUT2D eigenvalue weighted by molar-refractivity contribution is 5.81. The van der Waals surface area contributed by atoms with Crippen LogP contribution in [-0.4, -0.2) is 40.4 Å². The Labute approximate surface area is 125 Å². The van der Waals surface area contributed by atoms with E-state index < -0.39 is 35.3 Å². The van der Waals surface area contributed by atoms with Gasteiger partial charge in [0.15, 0.2) is 0 Å². The molecule has 1 amide bonds. The van der Waals surface area contributed by atoms with Crippen LogP contribution in [0.5, 0.6) is 0 Å². The second-order valence-electron chi connectivity index (χ2n) is 6.66. The lowest BCUT2D eigenvalue weighted by Crippen LogP contribution is -2.44. The van der Waals surface area contributed by atoms with Crippen molar-refractivity contribution in [3.05, 3.63) is 0 Å². The number of carbonyl (C=O) groups excluding carboxylic acids is 2. The summed E-state index contributed by atoms with van der Waals surface area (Å²) in [5.74, 6) is -1.21. The van der Waals surface area contributed by atoms with Crippen LogP contribution >= 0.6 is 0 Å². The SMILES string of the molecule is CC(C)(C)OC(=O)CC[C@H](NC(=O)O)C(=O)OC(C)(C)C. The highest BCUT2D eigenvalue weighted by Crippen LogP contribution is 2.13. The third-order valence-electron chi connectivity index (χ3n) is 2.05. The Balaban J connectivity index is 4.60. The Kier molecular flexibility index (Phi) is 6.66. The standard InChI is InChI=1S/C14H25NO6/c1-13(2,3)20-10(16)8-7-9(15-12(18)19)11(17)21-14(4,5)6/h9,15H,7-8H2,1-6H3,(H,18,19)/t9-/m0/s1. The van der Waals surface area contributed by atoms with Gasteiger partial charge in [-0.1, -0.05) is 0 Å². The maximum Gasteiger partial charge on any atom is 0.405 e. The third-order valence-corrected chi connectivity index (χ3v) is 2.05. The minimum Gasteiger partial charge on any atom is -0.465 e. The zero-order valence-corrected chi connectivity index (χ0v) is 13.5. The molecule has 0 saturated heterocycles. The second kappa shape index (κ2) is 7.28. The minimum atomic E-state index is -1.35. The lowest BCUT2D eigenvalue weighted by atomic mass is 10.1. The number of carboxylic acid groups (broad SMARTS) is 1. The van der Waals surface area contributed by atoms with Gasteiger partial charge < -0.3 is 19.9 Å². The molecule has 0 bridgehead atoms. The summed E-state index contributed by atoms with van der Waals surface area (Å²) in [6.07, 6.45) is -1.45. The van der Waals surface area contributed by atoms with E-state index in [1.165, 1.54) is 0 Å². The van der Waals surface area contributed by atoms with Gasteiger partial charge in [0, 0.05) is 6.42 Å². The number of nitrogens with one attached hydrogen (secondary N) is 1. The summed E-state index contributed by atoms with van der Waals surface area (Å²) in [7, 11) is 0. The summed E-state index contributed by atoms with van der Waals surface area (Å²) in [4.78, 5) is 34.2. The first-order valence-corrected chi connectivity index (χ1v) is 6.74. The van der Waals surface area contributed by atoms with Gasteiger partial charge in [0.1, 0.15) is 17.2 Å². The van der Waals surface area contributed by atoms with Gasteiger partial charge >= 0.3 is 18.0 Å². The van der Waals surface area contributed by atoms with Crippen LogP contribution in [0.1, 0.15) is 54.4 Å². The predicted molar refractivity (Wildman–Crippen MR) is 75.9 cm³/mol. The molecule has 0 rings (SSSR count). The summed E-state index contributed by atoms with van der Waals surface area (Å²) < 4.78 is 10.2. The minimum absolute atomic E-state index is 0.0177. The van der Waals surface area contributed by atoms with E-state index in [9.17, 15) is 14.4 Å². The quantitative estimate of drug-likeness (QED) is 0.754. The lowest BCUT2D eigenvalue weighted by molar-refractivity contribution is -0.158. The first-order valence-electron chi connectivity index (χ1n) is 6.74. The van der Waals surface area contributed by atoms with Crippen LogP contribution in [0.2, 0.25) is 0 Å². The molecule has 0 aromatic rings. The summed E-state index contributed by atoms with van der Waals surface area (Å²) in [5.41, 5.74) is -1.36. The third kappa shape index (κ3) is 10.6. The molecule has 0 fully saturated rings. The van der Waals surface area contributed by atoms with Crippen LogP contribution in [0, 0.1) is 0 Å². The maximum absolute atomic E-state index is 11.9. The summed E-state index contributed by atoms with van der Waals surface area (Å²) >= 11 is 0. The number of esters is 2. The number of amides is 1. The average molecular weight is 303 g/mol. The van der Waals surface area contributed by atoms with Crippen molar-refractivity contribution in [1.29, 1.82) is 0 Å². The molecular weight excluding hydrogens is 278 g/mol. The molecule has 7 nitrogen and oxygen atoms in total. The van der Waals surface area contributed by atoms with Crippen molar-refractivity contribution in [3.63, 3.8) is 0 Å². The molecule has 0 radical (unpaired) electrons. The summed E-state index contributed by atoms with van der Waals surface area (Å²) in [6, 6.07) is -1.10. The molecule has 1 atom stereocenters. The lowest BCUT2D eigenvalue weighted by Gasteiger charge is -2.24. The van der Waals surface area contributed by atoms with E-state index in [0.29, 0.717) is 0 Å². The van der Waals surface area contributed by atoms with Gasteiger partial charge in [0.05, 0.1) is 0 Å². The van der Waals surface area contributed by atoms with E-state index in [1.54, 1.807) is 41.5 Å².